The lowest BCUT2D eigenvalue weighted by Gasteiger charge is -2.31. The first-order valence-electron chi connectivity index (χ1n) is 9.03. The average molecular weight is 400 g/mol. The summed E-state index contributed by atoms with van der Waals surface area (Å²) in [4.78, 5) is 32.5. The fraction of sp³-hybridized carbons (Fsp3) is 0.350. The Bertz CT molecular complexity index is 955. The number of carbonyl (C=O) groups is 2. The Morgan fingerprint density at radius 1 is 1.22 bits per heavy atom. The number of piperidine rings is 1. The zero-order chi connectivity index (χ0) is 19.0. The topological polar surface area (TPSA) is 62.3 Å². The molecular weight excluding hydrogens is 378 g/mol. The maximum absolute atomic E-state index is 12.8. The summed E-state index contributed by atoms with van der Waals surface area (Å²) >= 11 is 2.96. The third kappa shape index (κ3) is 3.61. The van der Waals surface area contributed by atoms with Crippen molar-refractivity contribution < 1.29 is 9.59 Å². The first kappa shape index (κ1) is 18.1. The van der Waals surface area contributed by atoms with Gasteiger partial charge in [0, 0.05) is 13.1 Å². The fourth-order valence-electron chi connectivity index (χ4n) is 3.45. The molecule has 1 aromatic carbocycles. The van der Waals surface area contributed by atoms with Crippen LogP contribution in [0.15, 0.2) is 29.6 Å². The van der Waals surface area contributed by atoms with Crippen molar-refractivity contribution in [3.63, 3.8) is 0 Å². The number of thiophene rings is 1. The quantitative estimate of drug-likeness (QED) is 0.707. The Kier molecular flexibility index (Phi) is 4.97. The molecule has 5 nitrogen and oxygen atoms in total. The van der Waals surface area contributed by atoms with Gasteiger partial charge in [0.05, 0.1) is 21.0 Å². The molecular formula is C20H21N3O2S2. The van der Waals surface area contributed by atoms with Gasteiger partial charge in [0.2, 0.25) is 5.91 Å². The Morgan fingerprint density at radius 3 is 2.78 bits per heavy atom. The minimum atomic E-state index is -0.197. The van der Waals surface area contributed by atoms with Gasteiger partial charge >= 0.3 is 0 Å². The number of nitrogens with one attached hydrogen (secondary N) is 1. The van der Waals surface area contributed by atoms with Gasteiger partial charge in [0.15, 0.2) is 5.13 Å². The Morgan fingerprint density at radius 2 is 2.04 bits per heavy atom. The van der Waals surface area contributed by atoms with Crippen LogP contribution < -0.4 is 5.32 Å². The zero-order valence-electron chi connectivity index (χ0n) is 15.3. The van der Waals surface area contributed by atoms with E-state index in [2.05, 4.69) is 29.4 Å². The molecule has 3 heterocycles. The molecule has 1 unspecified atom stereocenters. The summed E-state index contributed by atoms with van der Waals surface area (Å²) in [5, 5.41) is 5.52. The molecule has 4 rings (SSSR count). The van der Waals surface area contributed by atoms with Crippen molar-refractivity contribution in [3.8, 4) is 0 Å². The van der Waals surface area contributed by atoms with E-state index in [0.29, 0.717) is 18.2 Å². The van der Waals surface area contributed by atoms with Crippen LogP contribution in [0.2, 0.25) is 0 Å². The van der Waals surface area contributed by atoms with Crippen LogP contribution in [-0.4, -0.2) is 34.8 Å². The van der Waals surface area contributed by atoms with E-state index in [1.165, 1.54) is 28.2 Å². The lowest BCUT2D eigenvalue weighted by molar-refractivity contribution is -0.121. The second-order valence-electron chi connectivity index (χ2n) is 6.95. The average Bonchev–Trinajstić information content (AvgIpc) is 3.35. The van der Waals surface area contributed by atoms with E-state index < -0.39 is 0 Å². The number of amides is 2. The van der Waals surface area contributed by atoms with E-state index in [1.807, 2.05) is 24.4 Å². The van der Waals surface area contributed by atoms with Crippen LogP contribution in [0.5, 0.6) is 0 Å². The number of likely N-dealkylation sites (tertiary alicyclic amines) is 1. The van der Waals surface area contributed by atoms with Gasteiger partial charge in [0.25, 0.3) is 5.91 Å². The van der Waals surface area contributed by atoms with E-state index >= 15 is 0 Å². The number of thiazole rings is 1. The molecule has 1 saturated heterocycles. The molecule has 0 radical (unpaired) electrons. The molecule has 1 aliphatic heterocycles. The van der Waals surface area contributed by atoms with Crippen LogP contribution in [0.1, 0.15) is 33.6 Å². The third-order valence-electron chi connectivity index (χ3n) is 4.98. The molecule has 0 aliphatic carbocycles. The molecule has 1 aliphatic rings. The summed E-state index contributed by atoms with van der Waals surface area (Å²) in [7, 11) is 0. The van der Waals surface area contributed by atoms with E-state index in [4.69, 9.17) is 0 Å². The molecule has 7 heteroatoms. The monoisotopic (exact) mass is 399 g/mol. The standard InChI is InChI=1S/C20H21N3O2S2/c1-12-7-8-13(2)17-16(12)21-20(27-17)22-18(24)14-5-3-9-23(11-14)19(25)15-6-4-10-26-15/h4,6-8,10,14H,3,5,9,11H2,1-2H3,(H,21,22,24). The van der Waals surface area contributed by atoms with Gasteiger partial charge in [-0.15, -0.1) is 11.3 Å². The highest BCUT2D eigenvalue weighted by Crippen LogP contribution is 2.31. The van der Waals surface area contributed by atoms with E-state index in [1.54, 1.807) is 4.90 Å². The Hall–Kier alpha value is -2.25. The summed E-state index contributed by atoms with van der Waals surface area (Å²) in [5.74, 6) is -0.223. The first-order valence-corrected chi connectivity index (χ1v) is 10.7. The Labute approximate surface area is 166 Å². The molecule has 0 spiro atoms. The molecule has 140 valence electrons. The van der Waals surface area contributed by atoms with Crippen LogP contribution >= 0.6 is 22.7 Å². The summed E-state index contributed by atoms with van der Waals surface area (Å²) < 4.78 is 1.11. The summed E-state index contributed by atoms with van der Waals surface area (Å²) in [6.07, 6.45) is 1.64. The smallest absolute Gasteiger partial charge is 0.263 e. The second-order valence-corrected chi connectivity index (χ2v) is 8.90. The number of benzene rings is 1. The molecule has 1 fully saturated rings. The van der Waals surface area contributed by atoms with Gasteiger partial charge in [-0.3, -0.25) is 9.59 Å². The van der Waals surface area contributed by atoms with Crippen LogP contribution in [0.25, 0.3) is 10.2 Å². The SMILES string of the molecule is Cc1ccc(C)c2sc(NC(=O)C3CCCN(C(=O)c4cccs4)C3)nc12. The molecule has 0 bridgehead atoms. The van der Waals surface area contributed by atoms with E-state index in [9.17, 15) is 9.59 Å². The maximum atomic E-state index is 12.8. The Balaban J connectivity index is 1.47. The first-order chi connectivity index (χ1) is 13.0. The maximum Gasteiger partial charge on any atom is 0.263 e. The molecule has 1 N–H and O–H groups in total. The predicted octanol–water partition coefficient (Wildman–Crippen LogP) is 4.47. The minimum Gasteiger partial charge on any atom is -0.337 e. The molecule has 1 atom stereocenters. The van der Waals surface area contributed by atoms with Crippen LogP contribution in [0, 0.1) is 19.8 Å². The van der Waals surface area contributed by atoms with E-state index in [0.717, 1.165) is 33.5 Å². The number of hydrogen-bond donors (Lipinski definition) is 1. The van der Waals surface area contributed by atoms with Crippen molar-refractivity contribution >= 4 is 49.8 Å². The van der Waals surface area contributed by atoms with Crippen molar-refractivity contribution in [1.82, 2.24) is 9.88 Å². The number of nitrogens with zero attached hydrogens (tertiary/aromatic N) is 2. The van der Waals surface area contributed by atoms with Crippen molar-refractivity contribution in [2.24, 2.45) is 5.92 Å². The number of aryl methyl sites for hydroxylation is 2. The zero-order valence-corrected chi connectivity index (χ0v) is 17.0. The molecule has 2 amide bonds. The van der Waals surface area contributed by atoms with Crippen molar-refractivity contribution in [2.75, 3.05) is 18.4 Å². The normalized spacial score (nSPS) is 17.3. The van der Waals surface area contributed by atoms with E-state index in [-0.39, 0.29) is 17.7 Å². The summed E-state index contributed by atoms with van der Waals surface area (Å²) in [6, 6.07) is 7.85. The number of hydrogen-bond acceptors (Lipinski definition) is 5. The molecule has 3 aromatic rings. The highest BCUT2D eigenvalue weighted by molar-refractivity contribution is 7.22. The van der Waals surface area contributed by atoms with Gasteiger partial charge in [-0.25, -0.2) is 4.98 Å². The number of anilines is 1. The summed E-state index contributed by atoms with van der Waals surface area (Å²) in [5.41, 5.74) is 3.23. The molecule has 0 saturated carbocycles. The molecule has 27 heavy (non-hydrogen) atoms. The van der Waals surface area contributed by atoms with Crippen molar-refractivity contribution in [2.45, 2.75) is 26.7 Å². The van der Waals surface area contributed by atoms with Gasteiger partial charge in [0.1, 0.15) is 0 Å². The largest absolute Gasteiger partial charge is 0.337 e. The highest BCUT2D eigenvalue weighted by Gasteiger charge is 2.29. The van der Waals surface area contributed by atoms with Gasteiger partial charge < -0.3 is 10.2 Å². The predicted molar refractivity (Wildman–Crippen MR) is 111 cm³/mol. The van der Waals surface area contributed by atoms with Crippen LogP contribution in [0.3, 0.4) is 0 Å². The minimum absolute atomic E-state index is 0.0220. The molecule has 2 aromatic heterocycles. The number of aromatic nitrogens is 1. The van der Waals surface area contributed by atoms with Gasteiger partial charge in [-0.05, 0) is 49.3 Å². The van der Waals surface area contributed by atoms with Gasteiger partial charge in [-0.2, -0.15) is 0 Å². The lowest BCUT2D eigenvalue weighted by atomic mass is 9.97. The summed E-state index contributed by atoms with van der Waals surface area (Å²) in [6.45, 7) is 5.26. The van der Waals surface area contributed by atoms with Crippen LogP contribution in [0.4, 0.5) is 5.13 Å². The second kappa shape index (κ2) is 7.40. The van der Waals surface area contributed by atoms with Crippen molar-refractivity contribution in [3.05, 3.63) is 45.6 Å². The number of rotatable bonds is 3. The lowest BCUT2D eigenvalue weighted by Crippen LogP contribution is -2.43. The number of fused-ring (bicyclic) bond motifs is 1. The van der Waals surface area contributed by atoms with Gasteiger partial charge in [-0.1, -0.05) is 29.5 Å². The fourth-order valence-corrected chi connectivity index (χ4v) is 5.16. The highest BCUT2D eigenvalue weighted by atomic mass is 32.1. The van der Waals surface area contributed by atoms with Crippen molar-refractivity contribution in [1.29, 1.82) is 0 Å². The third-order valence-corrected chi connectivity index (χ3v) is 6.95. The van der Waals surface area contributed by atoms with Crippen LogP contribution in [-0.2, 0) is 4.79 Å². The number of carbonyl (C=O) groups excluding carboxylic acids is 2.